The summed E-state index contributed by atoms with van der Waals surface area (Å²) in [5.74, 6) is 0. The van der Waals surface area contributed by atoms with Crippen LogP contribution < -0.4 is 5.32 Å². The molecule has 0 heterocycles. The summed E-state index contributed by atoms with van der Waals surface area (Å²) in [7, 11) is 0. The molecule has 5 aromatic rings. The first kappa shape index (κ1) is 25.0. The highest BCUT2D eigenvalue weighted by Crippen LogP contribution is 2.23. The van der Waals surface area contributed by atoms with Crippen molar-refractivity contribution in [2.75, 3.05) is 5.32 Å². The van der Waals surface area contributed by atoms with Crippen LogP contribution in [0.1, 0.15) is 33.4 Å². The lowest BCUT2D eigenvalue weighted by atomic mass is 9.94. The van der Waals surface area contributed by atoms with Gasteiger partial charge in [0.05, 0.1) is 0 Å². The molecule has 0 aliphatic rings. The molecule has 0 bridgehead atoms. The molecule has 0 aromatic heterocycles. The lowest BCUT2D eigenvalue weighted by Crippen LogP contribution is -2.34. The summed E-state index contributed by atoms with van der Waals surface area (Å²) in [6.45, 7) is 1.06. The average molecular weight is 497 g/mol. The molecule has 3 nitrogen and oxygen atoms in total. The van der Waals surface area contributed by atoms with E-state index in [1.54, 1.807) is 0 Å². The van der Waals surface area contributed by atoms with Crippen molar-refractivity contribution in [3.05, 3.63) is 173 Å². The van der Waals surface area contributed by atoms with E-state index in [0.29, 0.717) is 13.1 Å². The average Bonchev–Trinajstić information content (AvgIpc) is 2.96. The Morgan fingerprint density at radius 3 is 1.39 bits per heavy atom. The van der Waals surface area contributed by atoms with Crippen molar-refractivity contribution in [2.45, 2.75) is 25.9 Å². The molecule has 0 fully saturated rings. The quantitative estimate of drug-likeness (QED) is 0.220. The highest BCUT2D eigenvalue weighted by Gasteiger charge is 2.16. The molecule has 1 N–H and O–H groups in total. The first-order valence-electron chi connectivity index (χ1n) is 13.1. The van der Waals surface area contributed by atoms with Gasteiger partial charge in [0.15, 0.2) is 0 Å². The maximum absolute atomic E-state index is 13.6. The topological polar surface area (TPSA) is 32.3 Å². The number of amides is 2. The summed E-state index contributed by atoms with van der Waals surface area (Å²) in [5, 5.41) is 3.19. The van der Waals surface area contributed by atoms with E-state index in [1.807, 2.05) is 59.5 Å². The van der Waals surface area contributed by atoms with Crippen molar-refractivity contribution in [1.29, 1.82) is 0 Å². The second kappa shape index (κ2) is 12.6. The minimum Gasteiger partial charge on any atom is -0.316 e. The molecule has 0 radical (unpaired) electrons. The molecule has 0 saturated carbocycles. The molecule has 0 spiro atoms. The molecule has 2 amide bonds. The summed E-state index contributed by atoms with van der Waals surface area (Å²) in [6, 6.07) is 47.5. The van der Waals surface area contributed by atoms with E-state index in [0.717, 1.165) is 29.7 Å². The number of carbonyl (C=O) groups is 1. The summed E-state index contributed by atoms with van der Waals surface area (Å²) in [4.78, 5) is 15.4. The fraction of sp³-hybridized carbons (Fsp3) is 0.114. The van der Waals surface area contributed by atoms with E-state index in [9.17, 15) is 4.79 Å². The van der Waals surface area contributed by atoms with Crippen LogP contribution in [0.3, 0.4) is 0 Å². The van der Waals surface area contributed by atoms with E-state index in [4.69, 9.17) is 0 Å². The first-order chi connectivity index (χ1) is 18.7. The highest BCUT2D eigenvalue weighted by atomic mass is 16.2. The second-order valence-corrected chi connectivity index (χ2v) is 9.57. The molecule has 3 heteroatoms. The van der Waals surface area contributed by atoms with E-state index in [1.165, 1.54) is 22.3 Å². The lowest BCUT2D eigenvalue weighted by molar-refractivity contribution is 0.206. The van der Waals surface area contributed by atoms with Gasteiger partial charge in [-0.25, -0.2) is 4.79 Å². The largest absolute Gasteiger partial charge is 0.322 e. The smallest absolute Gasteiger partial charge is 0.316 e. The molecule has 0 unspecified atom stereocenters. The molecule has 5 aromatic carbocycles. The van der Waals surface area contributed by atoms with E-state index in [-0.39, 0.29) is 6.03 Å². The van der Waals surface area contributed by atoms with Gasteiger partial charge in [0, 0.05) is 18.8 Å². The Labute approximate surface area is 225 Å². The number of nitrogens with zero attached hydrogens (tertiary/aromatic N) is 1. The number of benzene rings is 5. The van der Waals surface area contributed by atoms with Crippen LogP contribution in [-0.4, -0.2) is 10.9 Å². The Morgan fingerprint density at radius 1 is 0.500 bits per heavy atom. The predicted molar refractivity (Wildman–Crippen MR) is 156 cm³/mol. The van der Waals surface area contributed by atoms with Crippen LogP contribution in [0.25, 0.3) is 0 Å². The van der Waals surface area contributed by atoms with Crippen molar-refractivity contribution < 1.29 is 4.79 Å². The lowest BCUT2D eigenvalue weighted by Gasteiger charge is -2.24. The Balaban J connectivity index is 1.39. The van der Waals surface area contributed by atoms with Crippen molar-refractivity contribution >= 4 is 11.7 Å². The van der Waals surface area contributed by atoms with Crippen molar-refractivity contribution in [1.82, 2.24) is 4.90 Å². The summed E-state index contributed by atoms with van der Waals surface area (Å²) < 4.78 is 0. The van der Waals surface area contributed by atoms with Gasteiger partial charge in [-0.1, -0.05) is 127 Å². The first-order valence-corrected chi connectivity index (χ1v) is 13.1. The summed E-state index contributed by atoms with van der Waals surface area (Å²) in [6.07, 6.45) is 1.66. The fourth-order valence-electron chi connectivity index (χ4n) is 4.68. The molecule has 0 saturated heterocycles. The van der Waals surface area contributed by atoms with Gasteiger partial charge < -0.3 is 10.2 Å². The van der Waals surface area contributed by atoms with Crippen molar-refractivity contribution in [3.8, 4) is 0 Å². The third-order valence-corrected chi connectivity index (χ3v) is 6.65. The minimum absolute atomic E-state index is 0.112. The zero-order valence-electron chi connectivity index (χ0n) is 21.5. The zero-order valence-corrected chi connectivity index (χ0v) is 21.5. The number of carbonyl (C=O) groups excluding carboxylic acids is 1. The highest BCUT2D eigenvalue weighted by molar-refractivity contribution is 5.89. The van der Waals surface area contributed by atoms with Gasteiger partial charge >= 0.3 is 6.03 Å². The van der Waals surface area contributed by atoms with E-state index in [2.05, 4.69) is 90.2 Å². The Bertz CT molecular complexity index is 1390. The second-order valence-electron chi connectivity index (χ2n) is 9.57. The SMILES string of the molecule is O=C(Nc1ccc(Cc2ccccc2)c(Cc2ccccc2)c1)N(Cc1ccccc1)Cc1ccccc1. The zero-order chi connectivity index (χ0) is 26.0. The van der Waals surface area contributed by atoms with Crippen LogP contribution in [0.4, 0.5) is 10.5 Å². The van der Waals surface area contributed by atoms with Crippen molar-refractivity contribution in [2.24, 2.45) is 0 Å². The van der Waals surface area contributed by atoms with Gasteiger partial charge in [-0.3, -0.25) is 0 Å². The normalized spacial score (nSPS) is 10.6. The Hall–Kier alpha value is -4.63. The van der Waals surface area contributed by atoms with Crippen LogP contribution in [0.5, 0.6) is 0 Å². The summed E-state index contributed by atoms with van der Waals surface area (Å²) in [5.41, 5.74) is 8.02. The van der Waals surface area contributed by atoms with Crippen LogP contribution >= 0.6 is 0 Å². The monoisotopic (exact) mass is 496 g/mol. The van der Waals surface area contributed by atoms with E-state index >= 15 is 0 Å². The molecule has 0 aliphatic carbocycles. The molecule has 38 heavy (non-hydrogen) atoms. The van der Waals surface area contributed by atoms with Gasteiger partial charge in [0.25, 0.3) is 0 Å². The number of hydrogen-bond acceptors (Lipinski definition) is 1. The standard InChI is InChI=1S/C35H32N2O/c38-35(37(26-30-17-9-3-10-18-30)27-31-19-11-4-12-20-31)36-34-22-21-32(23-28-13-5-1-6-14-28)33(25-34)24-29-15-7-2-8-16-29/h1-22,25H,23-24,26-27H2,(H,36,38). The van der Waals surface area contributed by atoms with Crippen LogP contribution in [-0.2, 0) is 25.9 Å². The van der Waals surface area contributed by atoms with Gasteiger partial charge in [-0.2, -0.15) is 0 Å². The third kappa shape index (κ3) is 6.98. The number of nitrogens with one attached hydrogen (secondary N) is 1. The molecule has 188 valence electrons. The predicted octanol–water partition coefficient (Wildman–Crippen LogP) is 8.10. The fourth-order valence-corrected chi connectivity index (χ4v) is 4.68. The van der Waals surface area contributed by atoms with Crippen molar-refractivity contribution in [3.63, 3.8) is 0 Å². The Morgan fingerprint density at radius 2 is 0.921 bits per heavy atom. The molecular formula is C35H32N2O. The molecule has 0 atom stereocenters. The van der Waals surface area contributed by atoms with Crippen LogP contribution in [0.15, 0.2) is 140 Å². The number of urea groups is 1. The van der Waals surface area contributed by atoms with Gasteiger partial charge in [0.2, 0.25) is 0 Å². The molecule has 5 rings (SSSR count). The van der Waals surface area contributed by atoms with Gasteiger partial charge in [0.1, 0.15) is 0 Å². The summed E-state index contributed by atoms with van der Waals surface area (Å²) >= 11 is 0. The molecule has 0 aliphatic heterocycles. The maximum Gasteiger partial charge on any atom is 0.322 e. The third-order valence-electron chi connectivity index (χ3n) is 6.65. The van der Waals surface area contributed by atoms with Gasteiger partial charge in [-0.15, -0.1) is 0 Å². The number of anilines is 1. The number of rotatable bonds is 9. The van der Waals surface area contributed by atoms with Crippen LogP contribution in [0.2, 0.25) is 0 Å². The van der Waals surface area contributed by atoms with Gasteiger partial charge in [-0.05, 0) is 58.4 Å². The van der Waals surface area contributed by atoms with E-state index < -0.39 is 0 Å². The Kier molecular flexibility index (Phi) is 8.27. The maximum atomic E-state index is 13.6. The number of hydrogen-bond donors (Lipinski definition) is 1. The minimum atomic E-state index is -0.112. The van der Waals surface area contributed by atoms with Crippen LogP contribution in [0, 0.1) is 0 Å². The molecular weight excluding hydrogens is 464 g/mol.